The molecule has 6 heteroatoms. The molecule has 0 amide bonds. The normalized spacial score (nSPS) is 11.2. The van der Waals surface area contributed by atoms with Gasteiger partial charge in [0.25, 0.3) is 0 Å². The van der Waals surface area contributed by atoms with Crippen LogP contribution in [0.15, 0.2) is 16.5 Å². The van der Waals surface area contributed by atoms with Crippen molar-refractivity contribution in [3.63, 3.8) is 0 Å². The summed E-state index contributed by atoms with van der Waals surface area (Å²) in [5, 5.41) is 8.82. The molecule has 3 aromatic rings. The number of hydrogen-bond acceptors (Lipinski definition) is 5. The summed E-state index contributed by atoms with van der Waals surface area (Å²) in [6.45, 7) is 7.79. The van der Waals surface area contributed by atoms with E-state index in [9.17, 15) is 4.79 Å². The number of aromatic nitrogens is 3. The molecular formula is C17H19N3O3. The van der Waals surface area contributed by atoms with Crippen LogP contribution in [-0.4, -0.2) is 21.0 Å². The summed E-state index contributed by atoms with van der Waals surface area (Å²) in [5.74, 6) is -0.219. The number of aryl methyl sites for hydroxylation is 5. The molecular weight excluding hydrogens is 294 g/mol. The number of esters is 1. The second-order valence-corrected chi connectivity index (χ2v) is 5.78. The first-order chi connectivity index (χ1) is 10.9. The van der Waals surface area contributed by atoms with Crippen LogP contribution in [0.25, 0.3) is 11.0 Å². The molecule has 0 radical (unpaired) electrons. The molecule has 0 aliphatic heterocycles. The Morgan fingerprint density at radius 1 is 1.22 bits per heavy atom. The van der Waals surface area contributed by atoms with Crippen LogP contribution >= 0.6 is 0 Å². The summed E-state index contributed by atoms with van der Waals surface area (Å²) in [7, 11) is 1.77. The Bertz CT molecular complexity index is 886. The van der Waals surface area contributed by atoms with Crippen LogP contribution in [0.1, 0.15) is 38.6 Å². The topological polar surface area (TPSA) is 70.2 Å². The van der Waals surface area contributed by atoms with Gasteiger partial charge in [-0.05, 0) is 38.8 Å². The molecule has 0 fully saturated rings. The molecule has 120 valence electrons. The van der Waals surface area contributed by atoms with Crippen LogP contribution in [-0.2, 0) is 18.4 Å². The number of carbonyl (C=O) groups is 1. The van der Waals surface area contributed by atoms with E-state index in [-0.39, 0.29) is 12.4 Å². The molecule has 0 aliphatic carbocycles. The SMILES string of the molecule is Cc1nnn(C)c1COC(=O)c1oc2c(C)ccc(C)c2c1C. The van der Waals surface area contributed by atoms with Crippen LogP contribution in [0.3, 0.4) is 0 Å². The van der Waals surface area contributed by atoms with Crippen molar-refractivity contribution in [1.29, 1.82) is 0 Å². The van der Waals surface area contributed by atoms with Gasteiger partial charge in [-0.2, -0.15) is 0 Å². The Kier molecular flexibility index (Phi) is 3.67. The van der Waals surface area contributed by atoms with Crippen LogP contribution in [0, 0.1) is 27.7 Å². The van der Waals surface area contributed by atoms with E-state index in [1.807, 2.05) is 39.8 Å². The number of ether oxygens (including phenoxy) is 1. The lowest BCUT2D eigenvalue weighted by molar-refractivity contribution is 0.0427. The zero-order valence-electron chi connectivity index (χ0n) is 13.9. The maximum atomic E-state index is 12.4. The lowest BCUT2D eigenvalue weighted by atomic mass is 10.0. The third-order valence-electron chi connectivity index (χ3n) is 4.15. The second kappa shape index (κ2) is 5.53. The fraction of sp³-hybridized carbons (Fsp3) is 0.353. The molecule has 6 nitrogen and oxygen atoms in total. The zero-order chi connectivity index (χ0) is 16.7. The van der Waals surface area contributed by atoms with Gasteiger partial charge in [0.2, 0.25) is 5.76 Å². The summed E-state index contributed by atoms with van der Waals surface area (Å²) < 4.78 is 12.8. The summed E-state index contributed by atoms with van der Waals surface area (Å²) in [6.07, 6.45) is 0. The molecule has 0 unspecified atom stereocenters. The average molecular weight is 313 g/mol. The van der Waals surface area contributed by atoms with Gasteiger partial charge in [-0.25, -0.2) is 9.48 Å². The first-order valence-corrected chi connectivity index (χ1v) is 7.41. The smallest absolute Gasteiger partial charge is 0.374 e. The van der Waals surface area contributed by atoms with Gasteiger partial charge in [-0.1, -0.05) is 17.3 Å². The largest absolute Gasteiger partial charge is 0.453 e. The van der Waals surface area contributed by atoms with Crippen LogP contribution in [0.4, 0.5) is 0 Å². The predicted molar refractivity (Wildman–Crippen MR) is 85.3 cm³/mol. The van der Waals surface area contributed by atoms with Gasteiger partial charge < -0.3 is 9.15 Å². The van der Waals surface area contributed by atoms with Crippen molar-refractivity contribution < 1.29 is 13.9 Å². The van der Waals surface area contributed by atoms with Gasteiger partial charge in [0.1, 0.15) is 12.2 Å². The molecule has 0 aliphatic rings. The van der Waals surface area contributed by atoms with Crippen LogP contribution < -0.4 is 0 Å². The minimum absolute atomic E-state index is 0.114. The van der Waals surface area contributed by atoms with Crippen molar-refractivity contribution in [2.75, 3.05) is 0 Å². The molecule has 2 aromatic heterocycles. The monoisotopic (exact) mass is 313 g/mol. The molecule has 23 heavy (non-hydrogen) atoms. The third kappa shape index (κ3) is 2.50. The van der Waals surface area contributed by atoms with Crippen LogP contribution in [0.2, 0.25) is 0 Å². The van der Waals surface area contributed by atoms with E-state index in [1.165, 1.54) is 0 Å². The van der Waals surface area contributed by atoms with E-state index in [4.69, 9.17) is 9.15 Å². The van der Waals surface area contributed by atoms with Crippen molar-refractivity contribution in [1.82, 2.24) is 15.0 Å². The fourth-order valence-electron chi connectivity index (χ4n) is 2.75. The quantitative estimate of drug-likeness (QED) is 0.695. The number of nitrogens with zero attached hydrogens (tertiary/aromatic N) is 3. The van der Waals surface area contributed by atoms with Crippen molar-refractivity contribution in [3.05, 3.63) is 46.0 Å². The standard InChI is InChI=1S/C17H19N3O3/c1-9-6-7-10(2)15-14(9)11(3)16(23-15)17(21)22-8-13-12(4)18-19-20(13)5/h6-7H,8H2,1-5H3. The van der Waals surface area contributed by atoms with Crippen LogP contribution in [0.5, 0.6) is 0 Å². The van der Waals surface area contributed by atoms with Gasteiger partial charge in [-0.3, -0.25) is 0 Å². The third-order valence-corrected chi connectivity index (χ3v) is 4.15. The summed E-state index contributed by atoms with van der Waals surface area (Å²) in [4.78, 5) is 12.4. The molecule has 2 heterocycles. The molecule has 1 aromatic carbocycles. The Hall–Kier alpha value is -2.63. The lowest BCUT2D eigenvalue weighted by Crippen LogP contribution is -2.09. The Morgan fingerprint density at radius 3 is 2.52 bits per heavy atom. The highest BCUT2D eigenvalue weighted by Crippen LogP contribution is 2.31. The molecule has 0 N–H and O–H groups in total. The van der Waals surface area contributed by atoms with Crippen molar-refractivity contribution in [2.24, 2.45) is 7.05 Å². The predicted octanol–water partition coefficient (Wildman–Crippen LogP) is 3.15. The minimum atomic E-state index is -0.474. The van der Waals surface area contributed by atoms with Gasteiger partial charge in [-0.15, -0.1) is 5.10 Å². The number of carbonyl (C=O) groups excluding carboxylic acids is 1. The summed E-state index contributed by atoms with van der Waals surface area (Å²) in [5.41, 5.74) is 5.14. The van der Waals surface area contributed by atoms with Gasteiger partial charge in [0.15, 0.2) is 0 Å². The van der Waals surface area contributed by atoms with E-state index < -0.39 is 5.97 Å². The number of rotatable bonds is 3. The van der Waals surface area contributed by atoms with E-state index >= 15 is 0 Å². The number of hydrogen-bond donors (Lipinski definition) is 0. The first kappa shape index (κ1) is 15.3. The Morgan fingerprint density at radius 2 is 1.91 bits per heavy atom. The lowest BCUT2D eigenvalue weighted by Gasteiger charge is -2.04. The first-order valence-electron chi connectivity index (χ1n) is 7.41. The summed E-state index contributed by atoms with van der Waals surface area (Å²) >= 11 is 0. The molecule has 0 bridgehead atoms. The van der Waals surface area contributed by atoms with Gasteiger partial charge >= 0.3 is 5.97 Å². The highest BCUT2D eigenvalue weighted by atomic mass is 16.5. The molecule has 3 rings (SSSR count). The van der Waals surface area contributed by atoms with E-state index in [1.54, 1.807) is 11.7 Å². The van der Waals surface area contributed by atoms with Gasteiger partial charge in [0, 0.05) is 18.0 Å². The van der Waals surface area contributed by atoms with E-state index in [2.05, 4.69) is 10.3 Å². The molecule has 0 atom stereocenters. The molecule has 0 saturated carbocycles. The maximum Gasteiger partial charge on any atom is 0.374 e. The van der Waals surface area contributed by atoms with E-state index in [0.29, 0.717) is 0 Å². The highest BCUT2D eigenvalue weighted by Gasteiger charge is 2.22. The minimum Gasteiger partial charge on any atom is -0.453 e. The summed E-state index contributed by atoms with van der Waals surface area (Å²) in [6, 6.07) is 4.01. The molecule has 0 spiro atoms. The number of furan rings is 1. The Balaban J connectivity index is 1.91. The average Bonchev–Trinajstić information content (AvgIpc) is 3.02. The van der Waals surface area contributed by atoms with Crippen molar-refractivity contribution in [3.8, 4) is 0 Å². The highest BCUT2D eigenvalue weighted by molar-refractivity contribution is 5.98. The van der Waals surface area contributed by atoms with E-state index in [0.717, 1.165) is 39.0 Å². The second-order valence-electron chi connectivity index (χ2n) is 5.78. The molecule has 0 saturated heterocycles. The number of fused-ring (bicyclic) bond motifs is 1. The van der Waals surface area contributed by atoms with Crippen molar-refractivity contribution in [2.45, 2.75) is 34.3 Å². The fourth-order valence-corrected chi connectivity index (χ4v) is 2.75. The van der Waals surface area contributed by atoms with Gasteiger partial charge in [0.05, 0.1) is 11.4 Å². The zero-order valence-corrected chi connectivity index (χ0v) is 13.9. The van der Waals surface area contributed by atoms with Crippen molar-refractivity contribution >= 4 is 16.9 Å². The maximum absolute atomic E-state index is 12.4. The Labute approximate surface area is 134 Å². The number of benzene rings is 1.